The van der Waals surface area contributed by atoms with Gasteiger partial charge < -0.3 is 5.73 Å². The summed E-state index contributed by atoms with van der Waals surface area (Å²) in [5, 5.41) is 0. The highest BCUT2D eigenvalue weighted by Crippen LogP contribution is 2.31. The first kappa shape index (κ1) is 14.9. The van der Waals surface area contributed by atoms with Crippen molar-refractivity contribution in [2.45, 2.75) is 12.2 Å². The molecule has 1 aromatic rings. The Morgan fingerprint density at radius 2 is 1.81 bits per heavy atom. The number of alkyl halides is 3. The lowest BCUT2D eigenvalue weighted by Gasteiger charge is -2.11. The average molecular weight is 256 g/mol. The summed E-state index contributed by atoms with van der Waals surface area (Å²) < 4.78 is 49.7. The predicted octanol–water partition coefficient (Wildman–Crippen LogP) is 3.45. The molecule has 0 amide bonds. The Kier molecular flexibility index (Phi) is 4.96. The second-order valence-electron chi connectivity index (χ2n) is 3.03. The van der Waals surface area contributed by atoms with E-state index in [0.29, 0.717) is 6.07 Å². The van der Waals surface area contributed by atoms with Gasteiger partial charge in [0.15, 0.2) is 0 Å². The highest BCUT2D eigenvalue weighted by atomic mass is 35.5. The molecular formula is C10H10ClF4N. The molecular weight excluding hydrogens is 246 g/mol. The van der Waals surface area contributed by atoms with Gasteiger partial charge in [0.25, 0.3) is 0 Å². The van der Waals surface area contributed by atoms with Crippen molar-refractivity contribution in [3.8, 4) is 0 Å². The second-order valence-corrected chi connectivity index (χ2v) is 3.03. The first-order chi connectivity index (χ1) is 6.84. The van der Waals surface area contributed by atoms with Gasteiger partial charge in [0.05, 0.1) is 5.56 Å². The van der Waals surface area contributed by atoms with Crippen molar-refractivity contribution in [2.75, 3.05) is 0 Å². The largest absolute Gasteiger partial charge is 0.416 e. The summed E-state index contributed by atoms with van der Waals surface area (Å²) in [5.74, 6) is -0.961. The van der Waals surface area contributed by atoms with Gasteiger partial charge in [0.1, 0.15) is 5.82 Å². The maximum absolute atomic E-state index is 12.9. The Bertz CT molecular complexity index is 376. The van der Waals surface area contributed by atoms with Crippen molar-refractivity contribution in [3.05, 3.63) is 47.8 Å². The molecule has 0 spiro atoms. The molecule has 1 rings (SSSR count). The summed E-state index contributed by atoms with van der Waals surface area (Å²) in [7, 11) is 0. The van der Waals surface area contributed by atoms with E-state index in [0.717, 1.165) is 12.1 Å². The van der Waals surface area contributed by atoms with Crippen molar-refractivity contribution in [1.82, 2.24) is 0 Å². The van der Waals surface area contributed by atoms with Crippen LogP contribution in [0.4, 0.5) is 17.6 Å². The van der Waals surface area contributed by atoms with Gasteiger partial charge >= 0.3 is 6.18 Å². The fourth-order valence-corrected chi connectivity index (χ4v) is 1.10. The first-order valence-corrected chi connectivity index (χ1v) is 4.10. The van der Waals surface area contributed by atoms with Gasteiger partial charge in [-0.3, -0.25) is 0 Å². The maximum atomic E-state index is 12.9. The minimum Gasteiger partial charge on any atom is -0.321 e. The van der Waals surface area contributed by atoms with Gasteiger partial charge in [0, 0.05) is 6.04 Å². The average Bonchev–Trinajstić information content (AvgIpc) is 2.14. The van der Waals surface area contributed by atoms with Crippen molar-refractivity contribution >= 4 is 12.4 Å². The SMILES string of the molecule is C=C[C@@H](N)c1cc(F)cc(C(F)(F)F)c1.Cl. The van der Waals surface area contributed by atoms with E-state index in [1.807, 2.05) is 0 Å². The van der Waals surface area contributed by atoms with Gasteiger partial charge in [-0.15, -0.1) is 19.0 Å². The minimum absolute atomic E-state index is 0. The van der Waals surface area contributed by atoms with E-state index in [1.54, 1.807) is 0 Å². The third kappa shape index (κ3) is 3.50. The molecule has 0 aromatic heterocycles. The molecule has 1 nitrogen and oxygen atoms in total. The summed E-state index contributed by atoms with van der Waals surface area (Å²) in [6.45, 7) is 3.33. The molecule has 0 aliphatic rings. The maximum Gasteiger partial charge on any atom is 0.416 e. The fourth-order valence-electron chi connectivity index (χ4n) is 1.10. The zero-order valence-electron chi connectivity index (χ0n) is 8.09. The molecule has 0 unspecified atom stereocenters. The zero-order chi connectivity index (χ0) is 11.6. The number of nitrogens with two attached hydrogens (primary N) is 1. The third-order valence-corrected chi connectivity index (χ3v) is 1.89. The Balaban J connectivity index is 0.00000225. The van der Waals surface area contributed by atoms with Crippen LogP contribution in [0.5, 0.6) is 0 Å². The Hall–Kier alpha value is -1.07. The Morgan fingerprint density at radius 3 is 2.25 bits per heavy atom. The predicted molar refractivity (Wildman–Crippen MR) is 55.8 cm³/mol. The molecule has 0 bridgehead atoms. The van der Waals surface area contributed by atoms with E-state index in [-0.39, 0.29) is 18.0 Å². The van der Waals surface area contributed by atoms with E-state index in [9.17, 15) is 17.6 Å². The van der Waals surface area contributed by atoms with Gasteiger partial charge in [-0.25, -0.2) is 4.39 Å². The van der Waals surface area contributed by atoms with Crippen LogP contribution in [-0.2, 0) is 6.18 Å². The molecule has 0 aliphatic heterocycles. The molecule has 0 aliphatic carbocycles. The molecule has 0 saturated carbocycles. The molecule has 0 heterocycles. The quantitative estimate of drug-likeness (QED) is 0.636. The first-order valence-electron chi connectivity index (χ1n) is 4.10. The Morgan fingerprint density at radius 1 is 1.25 bits per heavy atom. The van der Waals surface area contributed by atoms with Crippen molar-refractivity contribution < 1.29 is 17.6 Å². The number of benzene rings is 1. The van der Waals surface area contributed by atoms with Gasteiger partial charge in [-0.2, -0.15) is 13.2 Å². The van der Waals surface area contributed by atoms with Crippen LogP contribution in [0.15, 0.2) is 30.9 Å². The summed E-state index contributed by atoms with van der Waals surface area (Å²) in [6, 6.07) is 1.40. The van der Waals surface area contributed by atoms with E-state index >= 15 is 0 Å². The molecule has 1 atom stereocenters. The molecule has 0 radical (unpaired) electrons. The van der Waals surface area contributed by atoms with Crippen LogP contribution in [0.25, 0.3) is 0 Å². The standard InChI is InChI=1S/C10H9F4N.ClH/c1-2-9(15)6-3-7(10(12,13)14)5-8(11)4-6;/h2-5,9H,1,15H2;1H/t9-;/m1./s1. The lowest BCUT2D eigenvalue weighted by atomic mass is 10.0. The molecule has 0 saturated heterocycles. The summed E-state index contributed by atoms with van der Waals surface area (Å²) in [6.07, 6.45) is -3.33. The fraction of sp³-hybridized carbons (Fsp3) is 0.200. The van der Waals surface area contributed by atoms with Crippen molar-refractivity contribution in [1.29, 1.82) is 0 Å². The molecule has 2 N–H and O–H groups in total. The summed E-state index contributed by atoms with van der Waals surface area (Å²) >= 11 is 0. The summed E-state index contributed by atoms with van der Waals surface area (Å²) in [5.41, 5.74) is 4.43. The van der Waals surface area contributed by atoms with E-state index in [4.69, 9.17) is 5.73 Å². The molecule has 6 heteroatoms. The van der Waals surface area contributed by atoms with Crippen molar-refractivity contribution in [2.24, 2.45) is 5.73 Å². The lowest BCUT2D eigenvalue weighted by molar-refractivity contribution is -0.137. The van der Waals surface area contributed by atoms with Crippen LogP contribution < -0.4 is 5.73 Å². The van der Waals surface area contributed by atoms with Gasteiger partial charge in [-0.05, 0) is 23.8 Å². The van der Waals surface area contributed by atoms with Crippen LogP contribution in [0.1, 0.15) is 17.2 Å². The lowest BCUT2D eigenvalue weighted by Crippen LogP contribution is -2.11. The van der Waals surface area contributed by atoms with Gasteiger partial charge in [0.2, 0.25) is 0 Å². The highest BCUT2D eigenvalue weighted by molar-refractivity contribution is 5.85. The molecule has 1 aromatic carbocycles. The van der Waals surface area contributed by atoms with Crippen LogP contribution in [0.2, 0.25) is 0 Å². The molecule has 0 fully saturated rings. The number of rotatable bonds is 2. The van der Waals surface area contributed by atoms with Crippen LogP contribution in [0, 0.1) is 5.82 Å². The number of hydrogen-bond acceptors (Lipinski definition) is 1. The van der Waals surface area contributed by atoms with E-state index in [2.05, 4.69) is 6.58 Å². The normalized spacial score (nSPS) is 12.8. The monoisotopic (exact) mass is 255 g/mol. The molecule has 16 heavy (non-hydrogen) atoms. The number of halogens is 5. The smallest absolute Gasteiger partial charge is 0.321 e. The second kappa shape index (κ2) is 5.32. The van der Waals surface area contributed by atoms with Gasteiger partial charge in [-0.1, -0.05) is 6.08 Å². The molecule has 90 valence electrons. The van der Waals surface area contributed by atoms with E-state index < -0.39 is 23.6 Å². The van der Waals surface area contributed by atoms with Crippen LogP contribution >= 0.6 is 12.4 Å². The topological polar surface area (TPSA) is 26.0 Å². The van der Waals surface area contributed by atoms with Crippen LogP contribution in [0.3, 0.4) is 0 Å². The summed E-state index contributed by atoms with van der Waals surface area (Å²) in [4.78, 5) is 0. The van der Waals surface area contributed by atoms with E-state index in [1.165, 1.54) is 6.08 Å². The third-order valence-electron chi connectivity index (χ3n) is 1.89. The minimum atomic E-state index is -4.57. The van der Waals surface area contributed by atoms with Crippen molar-refractivity contribution in [3.63, 3.8) is 0 Å². The number of hydrogen-bond donors (Lipinski definition) is 1. The van der Waals surface area contributed by atoms with Crippen LogP contribution in [-0.4, -0.2) is 0 Å². The zero-order valence-corrected chi connectivity index (χ0v) is 8.91. The highest BCUT2D eigenvalue weighted by Gasteiger charge is 2.31. The Labute approximate surface area is 96.4 Å².